The maximum absolute atomic E-state index is 13.1. The summed E-state index contributed by atoms with van der Waals surface area (Å²) in [7, 11) is 1.53. The first-order valence-corrected chi connectivity index (χ1v) is 10.8. The Hall–Kier alpha value is -3.93. The zero-order chi connectivity index (χ0) is 23.8. The summed E-state index contributed by atoms with van der Waals surface area (Å²) in [5.74, 6) is 0.783. The van der Waals surface area contributed by atoms with Crippen molar-refractivity contribution in [3.63, 3.8) is 0 Å². The largest absolute Gasteiger partial charge is 0.494 e. The molecule has 0 aliphatic carbocycles. The van der Waals surface area contributed by atoms with Crippen molar-refractivity contribution in [1.29, 1.82) is 0 Å². The molecule has 1 heterocycles. The van der Waals surface area contributed by atoms with E-state index in [0.717, 1.165) is 5.56 Å². The Morgan fingerprint density at radius 1 is 1.00 bits per heavy atom. The van der Waals surface area contributed by atoms with E-state index in [9.17, 15) is 9.59 Å². The third-order valence-corrected chi connectivity index (χ3v) is 5.65. The number of fused-ring (bicyclic) bond motifs is 1. The molecule has 0 aliphatic rings. The van der Waals surface area contributed by atoms with Crippen molar-refractivity contribution in [1.82, 2.24) is 9.55 Å². The summed E-state index contributed by atoms with van der Waals surface area (Å²) in [6.07, 6.45) is 0. The molecule has 4 aromatic rings. The van der Waals surface area contributed by atoms with Gasteiger partial charge in [-0.2, -0.15) is 0 Å². The van der Waals surface area contributed by atoms with Gasteiger partial charge in [-0.25, -0.2) is 4.98 Å². The van der Waals surface area contributed by atoms with Gasteiger partial charge in [0.05, 0.1) is 29.4 Å². The zero-order valence-electron chi connectivity index (χ0n) is 19.5. The number of ether oxygens (including phenoxy) is 1. The minimum absolute atomic E-state index is 0.0158. The summed E-state index contributed by atoms with van der Waals surface area (Å²) < 4.78 is 7.07. The number of hydrogen-bond donors (Lipinski definition) is 1. The van der Waals surface area contributed by atoms with Crippen LogP contribution in [0.15, 0.2) is 71.5 Å². The van der Waals surface area contributed by atoms with Crippen molar-refractivity contribution in [2.45, 2.75) is 33.1 Å². The molecule has 6 nitrogen and oxygen atoms in total. The summed E-state index contributed by atoms with van der Waals surface area (Å²) in [5, 5.41) is 3.45. The molecule has 3 aromatic carbocycles. The smallest absolute Gasteiger partial charge is 0.265 e. The number of amides is 1. The molecule has 0 saturated carbocycles. The van der Waals surface area contributed by atoms with E-state index < -0.39 is 0 Å². The van der Waals surface area contributed by atoms with Crippen molar-refractivity contribution in [3.8, 4) is 11.4 Å². The van der Waals surface area contributed by atoms with Crippen LogP contribution in [-0.2, 0) is 5.41 Å². The standard InChI is InChI=1S/C27H27N3O3/c1-17-28-22-9-7-6-8-21(22)26(32)30(17)20-14-15-23(24(16-20)33-5)29-25(31)18-10-12-19(13-11-18)27(2,3)4/h6-16H,1-5H3,(H,29,31). The van der Waals surface area contributed by atoms with Crippen LogP contribution in [0, 0.1) is 6.92 Å². The summed E-state index contributed by atoms with van der Waals surface area (Å²) in [5.41, 5.74) is 3.36. The lowest BCUT2D eigenvalue weighted by molar-refractivity contribution is 0.102. The number of carbonyl (C=O) groups excluding carboxylic acids is 1. The number of para-hydroxylation sites is 1. The number of hydrogen-bond acceptors (Lipinski definition) is 4. The SMILES string of the molecule is COc1cc(-n2c(C)nc3ccccc3c2=O)ccc1NC(=O)c1ccc(C(C)(C)C)cc1. The van der Waals surface area contributed by atoms with Gasteiger partial charge in [-0.3, -0.25) is 14.2 Å². The fourth-order valence-electron chi connectivity index (χ4n) is 3.79. The van der Waals surface area contributed by atoms with Crippen LogP contribution in [0.25, 0.3) is 16.6 Å². The van der Waals surface area contributed by atoms with Crippen LogP contribution in [0.1, 0.15) is 42.5 Å². The van der Waals surface area contributed by atoms with E-state index in [1.165, 1.54) is 7.11 Å². The van der Waals surface area contributed by atoms with Gasteiger partial charge in [0.2, 0.25) is 0 Å². The molecule has 0 aliphatic heterocycles. The van der Waals surface area contributed by atoms with Crippen molar-refractivity contribution < 1.29 is 9.53 Å². The third kappa shape index (κ3) is 4.37. The van der Waals surface area contributed by atoms with Crippen LogP contribution >= 0.6 is 0 Å². The summed E-state index contributed by atoms with van der Waals surface area (Å²) in [6.45, 7) is 8.18. The van der Waals surface area contributed by atoms with Gasteiger partial charge in [-0.1, -0.05) is 45.0 Å². The van der Waals surface area contributed by atoms with E-state index >= 15 is 0 Å². The summed E-state index contributed by atoms with van der Waals surface area (Å²) >= 11 is 0. The molecule has 168 valence electrons. The normalized spacial score (nSPS) is 11.4. The Labute approximate surface area is 192 Å². The second kappa shape index (κ2) is 8.54. The number of nitrogens with zero attached hydrogens (tertiary/aromatic N) is 2. The molecule has 0 spiro atoms. The van der Waals surface area contributed by atoms with Crippen molar-refractivity contribution in [2.24, 2.45) is 0 Å². The van der Waals surface area contributed by atoms with Crippen molar-refractivity contribution >= 4 is 22.5 Å². The fraction of sp³-hybridized carbons (Fsp3) is 0.222. The highest BCUT2D eigenvalue weighted by Crippen LogP contribution is 2.28. The predicted molar refractivity (Wildman–Crippen MR) is 132 cm³/mol. The number of anilines is 1. The first kappa shape index (κ1) is 22.3. The van der Waals surface area contributed by atoms with E-state index in [2.05, 4.69) is 31.1 Å². The average Bonchev–Trinajstić information content (AvgIpc) is 2.79. The molecule has 1 aromatic heterocycles. The van der Waals surface area contributed by atoms with Gasteiger partial charge in [0.25, 0.3) is 11.5 Å². The summed E-state index contributed by atoms with van der Waals surface area (Å²) in [6, 6.07) is 20.1. The highest BCUT2D eigenvalue weighted by molar-refractivity contribution is 6.05. The van der Waals surface area contributed by atoms with Gasteiger partial charge in [-0.05, 0) is 54.3 Å². The lowest BCUT2D eigenvalue weighted by atomic mass is 9.87. The van der Waals surface area contributed by atoms with E-state index in [4.69, 9.17) is 4.74 Å². The van der Waals surface area contributed by atoms with Gasteiger partial charge in [-0.15, -0.1) is 0 Å². The molecule has 4 rings (SSSR count). The second-order valence-electron chi connectivity index (χ2n) is 8.98. The van der Waals surface area contributed by atoms with E-state index in [1.807, 2.05) is 42.5 Å². The number of carbonyl (C=O) groups is 1. The maximum Gasteiger partial charge on any atom is 0.265 e. The Balaban J connectivity index is 1.66. The van der Waals surface area contributed by atoms with Crippen LogP contribution < -0.4 is 15.6 Å². The molecule has 33 heavy (non-hydrogen) atoms. The Kier molecular flexibility index (Phi) is 5.77. The van der Waals surface area contributed by atoms with Crippen molar-refractivity contribution in [2.75, 3.05) is 12.4 Å². The fourth-order valence-corrected chi connectivity index (χ4v) is 3.79. The quantitative estimate of drug-likeness (QED) is 0.469. The Morgan fingerprint density at radius 2 is 1.70 bits per heavy atom. The lowest BCUT2D eigenvalue weighted by Gasteiger charge is -2.19. The molecule has 0 saturated heterocycles. The number of aryl methyl sites for hydroxylation is 1. The maximum atomic E-state index is 13.1. The molecule has 6 heteroatoms. The highest BCUT2D eigenvalue weighted by atomic mass is 16.5. The van der Waals surface area contributed by atoms with Crippen LogP contribution in [-0.4, -0.2) is 22.6 Å². The minimum Gasteiger partial charge on any atom is -0.494 e. The Morgan fingerprint density at radius 3 is 2.36 bits per heavy atom. The van der Waals surface area contributed by atoms with Gasteiger partial charge >= 0.3 is 0 Å². The minimum atomic E-state index is -0.234. The second-order valence-corrected chi connectivity index (χ2v) is 8.98. The molecule has 0 unspecified atom stereocenters. The number of aromatic nitrogens is 2. The number of methoxy groups -OCH3 is 1. The molecule has 0 radical (unpaired) electrons. The van der Waals surface area contributed by atoms with E-state index in [-0.39, 0.29) is 16.9 Å². The molecule has 1 N–H and O–H groups in total. The van der Waals surface area contributed by atoms with Crippen LogP contribution in [0.3, 0.4) is 0 Å². The Bertz CT molecular complexity index is 1400. The first-order chi connectivity index (χ1) is 15.7. The number of rotatable bonds is 4. The van der Waals surface area contributed by atoms with Gasteiger partial charge in [0.1, 0.15) is 11.6 Å². The molecular weight excluding hydrogens is 414 g/mol. The molecule has 0 bridgehead atoms. The average molecular weight is 442 g/mol. The monoisotopic (exact) mass is 441 g/mol. The number of benzene rings is 3. The molecular formula is C27H27N3O3. The molecule has 0 atom stereocenters. The highest BCUT2D eigenvalue weighted by Gasteiger charge is 2.16. The number of nitrogens with one attached hydrogen (secondary N) is 1. The summed E-state index contributed by atoms with van der Waals surface area (Å²) in [4.78, 5) is 30.5. The van der Waals surface area contributed by atoms with Crippen LogP contribution in [0.5, 0.6) is 5.75 Å². The van der Waals surface area contributed by atoms with Crippen molar-refractivity contribution in [3.05, 3.63) is 94.0 Å². The first-order valence-electron chi connectivity index (χ1n) is 10.8. The molecule has 0 fully saturated rings. The van der Waals surface area contributed by atoms with Crippen LogP contribution in [0.4, 0.5) is 5.69 Å². The molecule has 1 amide bonds. The third-order valence-electron chi connectivity index (χ3n) is 5.65. The van der Waals surface area contributed by atoms with Gasteiger partial charge in [0, 0.05) is 11.6 Å². The lowest BCUT2D eigenvalue weighted by Crippen LogP contribution is -2.22. The predicted octanol–water partition coefficient (Wildman–Crippen LogP) is 5.25. The van der Waals surface area contributed by atoms with Gasteiger partial charge in [0.15, 0.2) is 0 Å². The van der Waals surface area contributed by atoms with Crippen LogP contribution in [0.2, 0.25) is 0 Å². The van der Waals surface area contributed by atoms with Gasteiger partial charge < -0.3 is 10.1 Å². The zero-order valence-corrected chi connectivity index (χ0v) is 19.5. The topological polar surface area (TPSA) is 73.2 Å². The van der Waals surface area contributed by atoms with E-state index in [0.29, 0.717) is 39.4 Å². The van der Waals surface area contributed by atoms with E-state index in [1.54, 1.807) is 35.8 Å².